The van der Waals surface area contributed by atoms with Crippen LogP contribution in [0.1, 0.15) is 30.6 Å². The fourth-order valence-corrected chi connectivity index (χ4v) is 3.02. The van der Waals surface area contributed by atoms with Crippen LogP contribution in [0.3, 0.4) is 0 Å². The molecule has 114 valence electrons. The molecule has 0 saturated heterocycles. The predicted octanol–water partition coefficient (Wildman–Crippen LogP) is 3.47. The third-order valence-corrected chi connectivity index (χ3v) is 4.12. The lowest BCUT2D eigenvalue weighted by atomic mass is 10.0. The molecule has 0 fully saturated rings. The zero-order valence-electron chi connectivity index (χ0n) is 12.8. The van der Waals surface area contributed by atoms with Crippen LogP contribution in [0.4, 0.5) is 0 Å². The van der Waals surface area contributed by atoms with E-state index >= 15 is 0 Å². The third-order valence-electron chi connectivity index (χ3n) is 3.51. The van der Waals surface area contributed by atoms with E-state index in [0.717, 1.165) is 29.6 Å². The number of aryl methyl sites for hydroxylation is 1. The summed E-state index contributed by atoms with van der Waals surface area (Å²) in [5.74, 6) is 0.888. The van der Waals surface area contributed by atoms with Crippen LogP contribution in [0.15, 0.2) is 34.9 Å². The molecule has 1 aromatic carbocycles. The predicted molar refractivity (Wildman–Crippen MR) is 88.6 cm³/mol. The number of nitrogens with one attached hydrogen (secondary N) is 1. The van der Waals surface area contributed by atoms with Crippen molar-refractivity contribution >= 4 is 15.9 Å². The Kier molecular flexibility index (Phi) is 5.82. The number of rotatable bonds is 7. The average molecular weight is 352 g/mol. The van der Waals surface area contributed by atoms with E-state index in [2.05, 4.69) is 45.4 Å². The lowest BCUT2D eigenvalue weighted by molar-refractivity contribution is 0.414. The summed E-state index contributed by atoms with van der Waals surface area (Å²) in [4.78, 5) is 0. The Labute approximate surface area is 134 Å². The Hall–Kier alpha value is -1.33. The maximum atomic E-state index is 5.21. The summed E-state index contributed by atoms with van der Waals surface area (Å²) in [5.41, 5.74) is 2.46. The number of nitrogens with zero attached hydrogens (tertiary/aromatic N) is 2. The van der Waals surface area contributed by atoms with Crippen LogP contribution in [0, 0.1) is 0 Å². The summed E-state index contributed by atoms with van der Waals surface area (Å²) in [7, 11) is 3.67. The molecule has 0 bridgehead atoms. The minimum atomic E-state index is 0.236. The van der Waals surface area contributed by atoms with Crippen molar-refractivity contribution in [3.63, 3.8) is 0 Å². The highest BCUT2D eigenvalue weighted by molar-refractivity contribution is 9.10. The molecule has 0 aliphatic rings. The van der Waals surface area contributed by atoms with Gasteiger partial charge < -0.3 is 10.1 Å². The minimum Gasteiger partial charge on any atom is -0.497 e. The van der Waals surface area contributed by atoms with Crippen molar-refractivity contribution in [1.82, 2.24) is 15.1 Å². The zero-order valence-corrected chi connectivity index (χ0v) is 14.4. The Morgan fingerprint density at radius 3 is 2.57 bits per heavy atom. The topological polar surface area (TPSA) is 39.1 Å². The van der Waals surface area contributed by atoms with Gasteiger partial charge in [0.25, 0.3) is 0 Å². The number of halogens is 1. The number of aromatic nitrogens is 2. The molecule has 0 aliphatic carbocycles. The second-order valence-corrected chi connectivity index (χ2v) is 5.91. The van der Waals surface area contributed by atoms with Crippen molar-refractivity contribution in [3.05, 3.63) is 46.2 Å². The van der Waals surface area contributed by atoms with Crippen LogP contribution >= 0.6 is 15.9 Å². The van der Waals surface area contributed by atoms with Gasteiger partial charge >= 0.3 is 0 Å². The van der Waals surface area contributed by atoms with Gasteiger partial charge in [-0.3, -0.25) is 4.68 Å². The normalized spacial score (nSPS) is 12.4. The summed E-state index contributed by atoms with van der Waals surface area (Å²) in [6.45, 7) is 3.16. The first-order valence-electron chi connectivity index (χ1n) is 7.19. The highest BCUT2D eigenvalue weighted by atomic mass is 79.9. The average Bonchev–Trinajstić information content (AvgIpc) is 2.83. The van der Waals surface area contributed by atoms with Crippen molar-refractivity contribution in [2.75, 3.05) is 13.7 Å². The molecular weight excluding hydrogens is 330 g/mol. The SMILES string of the molecule is CCCNC(Cc1ccc(OC)cc1)c1c(Br)cnn1C. The molecule has 1 aromatic heterocycles. The molecule has 21 heavy (non-hydrogen) atoms. The van der Waals surface area contributed by atoms with Crippen molar-refractivity contribution in [3.8, 4) is 5.75 Å². The maximum absolute atomic E-state index is 5.21. The molecule has 1 unspecified atom stereocenters. The highest BCUT2D eigenvalue weighted by Gasteiger charge is 2.18. The van der Waals surface area contributed by atoms with Crippen molar-refractivity contribution < 1.29 is 4.74 Å². The first kappa shape index (κ1) is 16.0. The van der Waals surface area contributed by atoms with Crippen LogP contribution in [0.25, 0.3) is 0 Å². The van der Waals surface area contributed by atoms with E-state index in [1.165, 1.54) is 11.3 Å². The monoisotopic (exact) mass is 351 g/mol. The van der Waals surface area contributed by atoms with E-state index in [1.54, 1.807) is 7.11 Å². The van der Waals surface area contributed by atoms with Gasteiger partial charge in [0.15, 0.2) is 0 Å². The maximum Gasteiger partial charge on any atom is 0.118 e. The van der Waals surface area contributed by atoms with E-state index < -0.39 is 0 Å². The molecule has 5 heteroatoms. The van der Waals surface area contributed by atoms with E-state index in [0.29, 0.717) is 0 Å². The van der Waals surface area contributed by atoms with E-state index in [1.807, 2.05) is 30.1 Å². The van der Waals surface area contributed by atoms with Crippen molar-refractivity contribution in [2.24, 2.45) is 7.05 Å². The Morgan fingerprint density at radius 2 is 2.05 bits per heavy atom. The molecule has 1 heterocycles. The first-order chi connectivity index (χ1) is 10.2. The van der Waals surface area contributed by atoms with Crippen LogP contribution < -0.4 is 10.1 Å². The van der Waals surface area contributed by atoms with Crippen LogP contribution in [-0.4, -0.2) is 23.4 Å². The molecule has 4 nitrogen and oxygen atoms in total. The van der Waals surface area contributed by atoms with Crippen molar-refractivity contribution in [1.29, 1.82) is 0 Å². The van der Waals surface area contributed by atoms with Gasteiger partial charge in [0.05, 0.1) is 29.5 Å². The fourth-order valence-electron chi connectivity index (χ4n) is 2.39. The fraction of sp³-hybridized carbons (Fsp3) is 0.438. The smallest absolute Gasteiger partial charge is 0.118 e. The number of benzene rings is 1. The molecule has 0 spiro atoms. The molecule has 2 rings (SSSR count). The van der Waals surface area contributed by atoms with E-state index in [-0.39, 0.29) is 6.04 Å². The van der Waals surface area contributed by atoms with Gasteiger partial charge in [0.2, 0.25) is 0 Å². The van der Waals surface area contributed by atoms with E-state index in [9.17, 15) is 0 Å². The Balaban J connectivity index is 2.19. The molecule has 0 radical (unpaired) electrons. The number of hydrogen-bond donors (Lipinski definition) is 1. The largest absolute Gasteiger partial charge is 0.497 e. The number of hydrogen-bond acceptors (Lipinski definition) is 3. The molecule has 0 saturated carbocycles. The number of ether oxygens (including phenoxy) is 1. The van der Waals surface area contributed by atoms with Gasteiger partial charge in [-0.15, -0.1) is 0 Å². The summed E-state index contributed by atoms with van der Waals surface area (Å²) in [5, 5.41) is 7.93. The Bertz CT molecular complexity index is 546. The van der Waals surface area contributed by atoms with Gasteiger partial charge in [-0.1, -0.05) is 19.1 Å². The number of methoxy groups -OCH3 is 1. The van der Waals surface area contributed by atoms with Crippen LogP contribution in [0.5, 0.6) is 5.75 Å². The summed E-state index contributed by atoms with van der Waals surface area (Å²) in [6.07, 6.45) is 3.88. The zero-order chi connectivity index (χ0) is 15.2. The molecular formula is C16H22BrN3O. The second-order valence-electron chi connectivity index (χ2n) is 5.06. The first-order valence-corrected chi connectivity index (χ1v) is 7.98. The lowest BCUT2D eigenvalue weighted by Gasteiger charge is -2.20. The molecule has 1 atom stereocenters. The quantitative estimate of drug-likeness (QED) is 0.829. The standard InChI is InChI=1S/C16H22BrN3O/c1-4-9-18-15(16-14(17)11-19-20(16)2)10-12-5-7-13(21-3)8-6-12/h5-8,11,15,18H,4,9-10H2,1-3H3. The summed E-state index contributed by atoms with van der Waals surface area (Å²) >= 11 is 3.60. The minimum absolute atomic E-state index is 0.236. The second kappa shape index (κ2) is 7.61. The van der Waals surface area contributed by atoms with Gasteiger partial charge in [0.1, 0.15) is 5.75 Å². The summed E-state index contributed by atoms with van der Waals surface area (Å²) in [6, 6.07) is 8.47. The van der Waals surface area contributed by atoms with Crippen LogP contribution in [0.2, 0.25) is 0 Å². The van der Waals surface area contributed by atoms with Gasteiger partial charge in [-0.25, -0.2) is 0 Å². The van der Waals surface area contributed by atoms with E-state index in [4.69, 9.17) is 4.74 Å². The van der Waals surface area contributed by atoms with Gasteiger partial charge in [0, 0.05) is 7.05 Å². The highest BCUT2D eigenvalue weighted by Crippen LogP contribution is 2.26. The molecule has 1 N–H and O–H groups in total. The third kappa shape index (κ3) is 4.08. The van der Waals surface area contributed by atoms with Crippen LogP contribution in [-0.2, 0) is 13.5 Å². The molecule has 2 aromatic rings. The van der Waals surface area contributed by atoms with Gasteiger partial charge in [-0.2, -0.15) is 5.10 Å². The Morgan fingerprint density at radius 1 is 1.33 bits per heavy atom. The molecule has 0 amide bonds. The summed E-state index contributed by atoms with van der Waals surface area (Å²) < 4.78 is 8.19. The lowest BCUT2D eigenvalue weighted by Crippen LogP contribution is -2.26. The van der Waals surface area contributed by atoms with Crippen molar-refractivity contribution in [2.45, 2.75) is 25.8 Å². The van der Waals surface area contributed by atoms with Gasteiger partial charge in [-0.05, 0) is 53.0 Å². The molecule has 0 aliphatic heterocycles.